The number of hydrogen-bond donors (Lipinski definition) is 4. The Balaban J connectivity index is 1.65. The van der Waals surface area contributed by atoms with Crippen molar-refractivity contribution < 1.29 is 19.7 Å². The quantitative estimate of drug-likeness (QED) is 0.516. The van der Waals surface area contributed by atoms with Gasteiger partial charge in [0.2, 0.25) is 0 Å². The standard InChI is InChI=1S/C13H18N6O4S/c14-7(13(21)22)3-24-2-6-1-8(20)12(23-6)19-5-18-9-10(15)16-4-17-11(9)19/h4-8,12,20H,1-3,14H2,(H,21,22)(H2,15,16,17)/t6-,7-,8+,12+/m0/s1. The molecule has 0 saturated carbocycles. The van der Waals surface area contributed by atoms with Crippen LogP contribution in [-0.2, 0) is 9.53 Å². The molecule has 0 radical (unpaired) electrons. The van der Waals surface area contributed by atoms with E-state index >= 15 is 0 Å². The van der Waals surface area contributed by atoms with Crippen molar-refractivity contribution in [1.29, 1.82) is 0 Å². The molecule has 24 heavy (non-hydrogen) atoms. The van der Waals surface area contributed by atoms with Gasteiger partial charge < -0.3 is 26.4 Å². The molecule has 2 aromatic rings. The van der Waals surface area contributed by atoms with E-state index in [0.717, 1.165) is 0 Å². The Morgan fingerprint density at radius 2 is 2.29 bits per heavy atom. The summed E-state index contributed by atoms with van der Waals surface area (Å²) in [5, 5.41) is 19.0. The lowest BCUT2D eigenvalue weighted by molar-refractivity contribution is -0.137. The van der Waals surface area contributed by atoms with Crippen LogP contribution >= 0.6 is 11.8 Å². The first-order valence-corrected chi connectivity index (χ1v) is 8.45. The zero-order valence-corrected chi connectivity index (χ0v) is 13.5. The number of carboxylic acids is 1. The molecule has 0 spiro atoms. The van der Waals surface area contributed by atoms with Gasteiger partial charge >= 0.3 is 5.97 Å². The second-order valence-corrected chi connectivity index (χ2v) is 6.59. The van der Waals surface area contributed by atoms with Gasteiger partial charge in [-0.1, -0.05) is 0 Å². The number of carbonyl (C=O) groups is 1. The number of carboxylic acid groups (broad SMARTS) is 1. The molecule has 1 fully saturated rings. The van der Waals surface area contributed by atoms with Crippen LogP contribution in [0.4, 0.5) is 5.82 Å². The fraction of sp³-hybridized carbons (Fsp3) is 0.538. The van der Waals surface area contributed by atoms with Gasteiger partial charge in [0.1, 0.15) is 24.0 Å². The van der Waals surface area contributed by atoms with Crippen molar-refractivity contribution >= 4 is 34.7 Å². The van der Waals surface area contributed by atoms with Crippen LogP contribution in [-0.4, -0.2) is 65.5 Å². The molecule has 3 heterocycles. The Bertz CT molecular complexity index is 740. The van der Waals surface area contributed by atoms with Crippen molar-refractivity contribution in [1.82, 2.24) is 19.5 Å². The van der Waals surface area contributed by atoms with E-state index in [9.17, 15) is 9.90 Å². The van der Waals surface area contributed by atoms with E-state index < -0.39 is 24.3 Å². The molecule has 0 aromatic carbocycles. The summed E-state index contributed by atoms with van der Waals surface area (Å²) in [5.41, 5.74) is 12.2. The predicted octanol–water partition coefficient (Wildman–Crippen LogP) is -0.798. The molecule has 6 N–H and O–H groups in total. The summed E-state index contributed by atoms with van der Waals surface area (Å²) < 4.78 is 7.50. The van der Waals surface area contributed by atoms with Crippen LogP contribution in [0.2, 0.25) is 0 Å². The van der Waals surface area contributed by atoms with Gasteiger partial charge in [0.15, 0.2) is 17.7 Å². The van der Waals surface area contributed by atoms with Gasteiger partial charge in [-0.25, -0.2) is 15.0 Å². The number of rotatable bonds is 6. The highest BCUT2D eigenvalue weighted by atomic mass is 32.2. The fourth-order valence-electron chi connectivity index (χ4n) is 2.54. The number of hydrogen-bond acceptors (Lipinski definition) is 9. The highest BCUT2D eigenvalue weighted by Crippen LogP contribution is 2.32. The number of nitrogens with zero attached hydrogens (tertiary/aromatic N) is 4. The van der Waals surface area contributed by atoms with Gasteiger partial charge in [-0.15, -0.1) is 0 Å². The molecule has 130 valence electrons. The number of ether oxygens (including phenoxy) is 1. The number of anilines is 1. The van der Waals surface area contributed by atoms with E-state index in [0.29, 0.717) is 23.3 Å². The number of thioether (sulfide) groups is 1. The van der Waals surface area contributed by atoms with Crippen molar-refractivity contribution in [3.05, 3.63) is 12.7 Å². The number of nitrogens with two attached hydrogens (primary N) is 2. The van der Waals surface area contributed by atoms with E-state index in [1.807, 2.05) is 0 Å². The maximum Gasteiger partial charge on any atom is 0.321 e. The average molecular weight is 354 g/mol. The first-order chi connectivity index (χ1) is 11.5. The minimum Gasteiger partial charge on any atom is -0.480 e. The Morgan fingerprint density at radius 3 is 3.04 bits per heavy atom. The monoisotopic (exact) mass is 354 g/mol. The molecule has 0 amide bonds. The van der Waals surface area contributed by atoms with Crippen LogP contribution < -0.4 is 11.5 Å². The summed E-state index contributed by atoms with van der Waals surface area (Å²) in [6.07, 6.45) is 1.71. The summed E-state index contributed by atoms with van der Waals surface area (Å²) in [4.78, 5) is 22.9. The van der Waals surface area contributed by atoms with Crippen molar-refractivity contribution in [3.63, 3.8) is 0 Å². The van der Waals surface area contributed by atoms with Gasteiger partial charge in [-0.05, 0) is 0 Å². The summed E-state index contributed by atoms with van der Waals surface area (Å²) in [6.45, 7) is 0. The highest BCUT2D eigenvalue weighted by molar-refractivity contribution is 7.99. The number of fused-ring (bicyclic) bond motifs is 1. The smallest absolute Gasteiger partial charge is 0.321 e. The van der Waals surface area contributed by atoms with Crippen LogP contribution in [0.15, 0.2) is 12.7 Å². The lowest BCUT2D eigenvalue weighted by Crippen LogP contribution is -2.33. The van der Waals surface area contributed by atoms with Crippen LogP contribution in [0, 0.1) is 0 Å². The lowest BCUT2D eigenvalue weighted by Gasteiger charge is -2.17. The topological polar surface area (TPSA) is 162 Å². The number of imidazole rings is 1. The number of aliphatic carboxylic acids is 1. The third kappa shape index (κ3) is 3.29. The maximum atomic E-state index is 10.7. The van der Waals surface area contributed by atoms with Gasteiger partial charge in [0, 0.05) is 17.9 Å². The molecule has 4 atom stereocenters. The third-order valence-electron chi connectivity index (χ3n) is 3.75. The molecule has 3 rings (SSSR count). The third-order valence-corrected chi connectivity index (χ3v) is 4.95. The van der Waals surface area contributed by atoms with E-state index in [4.69, 9.17) is 21.3 Å². The predicted molar refractivity (Wildman–Crippen MR) is 87.2 cm³/mol. The van der Waals surface area contributed by atoms with Crippen LogP contribution in [0.1, 0.15) is 12.6 Å². The summed E-state index contributed by atoms with van der Waals surface area (Å²) >= 11 is 1.38. The second-order valence-electron chi connectivity index (χ2n) is 5.52. The minimum atomic E-state index is -1.03. The zero-order valence-electron chi connectivity index (χ0n) is 12.6. The van der Waals surface area contributed by atoms with E-state index in [-0.39, 0.29) is 17.7 Å². The molecular formula is C13H18N6O4S. The SMILES string of the molecule is Nc1ncnc2c1ncn2[C@@H]1O[C@H](CSC[C@H](N)C(=O)O)C[C@H]1O. The molecule has 0 aliphatic carbocycles. The Hall–Kier alpha value is -1.95. The molecule has 1 aliphatic heterocycles. The maximum absolute atomic E-state index is 10.7. The normalized spacial score (nSPS) is 25.2. The summed E-state index contributed by atoms with van der Waals surface area (Å²) in [6, 6.07) is -0.908. The van der Waals surface area contributed by atoms with Crippen molar-refractivity contribution in [2.45, 2.75) is 30.9 Å². The largest absolute Gasteiger partial charge is 0.480 e. The zero-order chi connectivity index (χ0) is 17.3. The molecule has 1 saturated heterocycles. The van der Waals surface area contributed by atoms with Gasteiger partial charge in [0.05, 0.1) is 12.4 Å². The molecule has 10 nitrogen and oxygen atoms in total. The van der Waals surface area contributed by atoms with Gasteiger partial charge in [-0.2, -0.15) is 11.8 Å². The first-order valence-electron chi connectivity index (χ1n) is 7.30. The van der Waals surface area contributed by atoms with Crippen LogP contribution in [0.3, 0.4) is 0 Å². The van der Waals surface area contributed by atoms with Crippen LogP contribution in [0.5, 0.6) is 0 Å². The number of aliphatic hydroxyl groups is 1. The first kappa shape index (κ1) is 16.9. The molecule has 0 bridgehead atoms. The second kappa shape index (κ2) is 6.89. The Labute approximate surface area is 141 Å². The highest BCUT2D eigenvalue weighted by Gasteiger charge is 2.36. The minimum absolute atomic E-state index is 0.215. The molecule has 1 aliphatic rings. The van der Waals surface area contributed by atoms with Gasteiger partial charge in [-0.3, -0.25) is 9.36 Å². The summed E-state index contributed by atoms with van der Waals surface area (Å²) in [7, 11) is 0. The number of aliphatic hydroxyl groups excluding tert-OH is 1. The Kier molecular flexibility index (Phi) is 4.85. The average Bonchev–Trinajstić information content (AvgIpc) is 3.11. The molecule has 2 aromatic heterocycles. The van der Waals surface area contributed by atoms with Crippen molar-refractivity contribution in [3.8, 4) is 0 Å². The Morgan fingerprint density at radius 1 is 1.50 bits per heavy atom. The van der Waals surface area contributed by atoms with Crippen LogP contribution in [0.25, 0.3) is 11.2 Å². The van der Waals surface area contributed by atoms with Crippen molar-refractivity contribution in [2.24, 2.45) is 5.73 Å². The van der Waals surface area contributed by atoms with E-state index in [2.05, 4.69) is 15.0 Å². The van der Waals surface area contributed by atoms with E-state index in [1.165, 1.54) is 24.4 Å². The van der Waals surface area contributed by atoms with Gasteiger partial charge in [0.25, 0.3) is 0 Å². The summed E-state index contributed by atoms with van der Waals surface area (Å²) in [5.74, 6) is 0.0577. The fourth-order valence-corrected chi connectivity index (χ4v) is 3.55. The molecule has 0 unspecified atom stereocenters. The van der Waals surface area contributed by atoms with E-state index in [1.54, 1.807) is 4.57 Å². The number of nitrogen functional groups attached to an aromatic ring is 1. The molecular weight excluding hydrogens is 336 g/mol. The lowest BCUT2D eigenvalue weighted by atomic mass is 10.2. The number of aromatic nitrogens is 4. The molecule has 11 heteroatoms. The van der Waals surface area contributed by atoms with Crippen molar-refractivity contribution in [2.75, 3.05) is 17.2 Å².